The standard InChI is InChI=1S/C15H26N3O4P/c1-9-17-14(16)10(8-19)7-18(9)15-13(21)12(20)11(22-15)5-6-23(2,3)4/h7,11-13,15,19-21H,1-2,5-6,8H2,3-4H3,(H2,16,17)/t11-,12-,13?,15-/m1/s1. The number of nitrogens with zero attached hydrogens (tertiary/aromatic N) is 2. The van der Waals surface area contributed by atoms with Gasteiger partial charge in [-0.1, -0.05) is 6.58 Å². The molecule has 7 nitrogen and oxygen atoms in total. The Labute approximate surface area is 136 Å². The molecule has 1 fully saturated rings. The number of nitrogens with two attached hydrogens (primary N) is 1. The molecule has 1 unspecified atom stereocenters. The molecule has 1 saturated heterocycles. The molecule has 2 rings (SSSR count). The molecule has 8 heteroatoms. The van der Waals surface area contributed by atoms with E-state index in [1.165, 1.54) is 4.90 Å². The molecule has 0 spiro atoms. The number of aliphatic hydroxyl groups is 3. The van der Waals surface area contributed by atoms with E-state index < -0.39 is 31.4 Å². The van der Waals surface area contributed by atoms with Crippen molar-refractivity contribution >= 4 is 19.0 Å². The molecule has 0 saturated carbocycles. The van der Waals surface area contributed by atoms with Gasteiger partial charge in [0.25, 0.3) is 0 Å². The number of aliphatic imine (C=N–C) groups is 1. The molecule has 0 amide bonds. The van der Waals surface area contributed by atoms with E-state index >= 15 is 0 Å². The Bertz CT molecular complexity index is 583. The highest BCUT2D eigenvalue weighted by molar-refractivity contribution is 7.72. The van der Waals surface area contributed by atoms with Crippen molar-refractivity contribution in [2.45, 2.75) is 31.0 Å². The van der Waals surface area contributed by atoms with Crippen LogP contribution in [-0.4, -0.2) is 83.0 Å². The number of hydrogen-bond donors (Lipinski definition) is 4. The summed E-state index contributed by atoms with van der Waals surface area (Å²) in [6.45, 7) is 6.49. The molecule has 0 radical (unpaired) electrons. The first kappa shape index (κ1) is 18.2. The van der Waals surface area contributed by atoms with Crippen LogP contribution in [0.3, 0.4) is 0 Å². The first-order valence-electron chi connectivity index (χ1n) is 7.46. The Kier molecular flexibility index (Phi) is 5.38. The maximum Gasteiger partial charge on any atom is 0.164 e. The van der Waals surface area contributed by atoms with Crippen LogP contribution in [0.1, 0.15) is 6.42 Å². The van der Waals surface area contributed by atoms with Crippen LogP contribution in [0.5, 0.6) is 0 Å². The Balaban J connectivity index is 2.13. The number of amidine groups is 1. The Morgan fingerprint density at radius 1 is 1.39 bits per heavy atom. The van der Waals surface area contributed by atoms with Gasteiger partial charge in [-0.15, -0.1) is 13.2 Å². The summed E-state index contributed by atoms with van der Waals surface area (Å²) in [7, 11) is 0. The molecule has 0 aromatic rings. The third-order valence-electron chi connectivity index (χ3n) is 3.97. The van der Waals surface area contributed by atoms with Gasteiger partial charge in [-0.2, -0.15) is 0 Å². The molecular formula is C15H26N3O4P. The quantitative estimate of drug-likeness (QED) is 0.503. The molecule has 2 heterocycles. The van der Waals surface area contributed by atoms with Crippen molar-refractivity contribution in [2.75, 3.05) is 26.1 Å². The molecular weight excluding hydrogens is 317 g/mol. The first-order valence-corrected chi connectivity index (χ1v) is 10.5. The van der Waals surface area contributed by atoms with E-state index in [0.29, 0.717) is 17.8 Å². The van der Waals surface area contributed by atoms with Crippen molar-refractivity contribution in [1.29, 1.82) is 0 Å². The first-order chi connectivity index (χ1) is 10.6. The second-order valence-electron chi connectivity index (χ2n) is 6.63. The Morgan fingerprint density at radius 2 is 2.04 bits per heavy atom. The molecule has 0 aliphatic carbocycles. The topological polar surface area (TPSA) is 112 Å². The van der Waals surface area contributed by atoms with E-state index in [-0.39, 0.29) is 12.4 Å². The summed E-state index contributed by atoms with van der Waals surface area (Å²) >= 11 is 0. The fraction of sp³-hybridized carbons (Fsp3) is 0.600. The van der Waals surface area contributed by atoms with E-state index in [2.05, 4.69) is 31.2 Å². The van der Waals surface area contributed by atoms with Gasteiger partial charge in [0.2, 0.25) is 0 Å². The number of aliphatic hydroxyl groups excluding tert-OH is 3. The van der Waals surface area contributed by atoms with Crippen LogP contribution in [0.25, 0.3) is 0 Å². The van der Waals surface area contributed by atoms with E-state index in [4.69, 9.17) is 10.5 Å². The van der Waals surface area contributed by atoms with Crippen molar-refractivity contribution in [2.24, 2.45) is 10.7 Å². The zero-order valence-electron chi connectivity index (χ0n) is 13.6. The van der Waals surface area contributed by atoms with Crippen molar-refractivity contribution in [1.82, 2.24) is 4.90 Å². The summed E-state index contributed by atoms with van der Waals surface area (Å²) in [5.41, 5.74) is 6.12. The second-order valence-corrected chi connectivity index (χ2v) is 10.9. The highest BCUT2D eigenvalue weighted by atomic mass is 31.2. The average molecular weight is 343 g/mol. The van der Waals surface area contributed by atoms with Gasteiger partial charge >= 0.3 is 0 Å². The lowest BCUT2D eigenvalue weighted by Crippen LogP contribution is -2.43. The third-order valence-corrected chi connectivity index (χ3v) is 5.44. The lowest BCUT2D eigenvalue weighted by Gasteiger charge is -2.32. The summed E-state index contributed by atoms with van der Waals surface area (Å²) in [5.74, 6) is 0.475. The van der Waals surface area contributed by atoms with Crippen LogP contribution in [0.2, 0.25) is 0 Å². The lowest BCUT2D eigenvalue weighted by molar-refractivity contribution is -0.0582. The molecule has 5 N–H and O–H groups in total. The molecule has 0 bridgehead atoms. The molecule has 2 aliphatic heterocycles. The average Bonchev–Trinajstić information content (AvgIpc) is 2.73. The van der Waals surface area contributed by atoms with Crippen LogP contribution in [0.15, 0.2) is 29.2 Å². The van der Waals surface area contributed by atoms with E-state index in [1.54, 1.807) is 6.20 Å². The predicted octanol–water partition coefficient (Wildman–Crippen LogP) is -0.447. The number of rotatable bonds is 5. The van der Waals surface area contributed by atoms with Gasteiger partial charge < -0.3 is 30.7 Å². The summed E-state index contributed by atoms with van der Waals surface area (Å²) in [6.07, 6.45) is 3.79. The van der Waals surface area contributed by atoms with Gasteiger partial charge in [0, 0.05) is 11.8 Å². The zero-order valence-corrected chi connectivity index (χ0v) is 14.5. The predicted molar refractivity (Wildman–Crippen MR) is 93.8 cm³/mol. The van der Waals surface area contributed by atoms with E-state index in [0.717, 1.165) is 6.16 Å². The fourth-order valence-corrected chi connectivity index (χ4v) is 3.55. The maximum atomic E-state index is 10.3. The third kappa shape index (κ3) is 4.05. The zero-order chi connectivity index (χ0) is 17.4. The number of hydrogen-bond acceptors (Lipinski definition) is 7. The van der Waals surface area contributed by atoms with Gasteiger partial charge in [-0.3, -0.25) is 0 Å². The van der Waals surface area contributed by atoms with Crippen LogP contribution >= 0.6 is 6.89 Å². The van der Waals surface area contributed by atoms with Crippen molar-refractivity contribution in [3.8, 4) is 0 Å². The minimum atomic E-state index is -1.24. The van der Waals surface area contributed by atoms with Crippen LogP contribution in [0, 0.1) is 0 Å². The Morgan fingerprint density at radius 3 is 2.61 bits per heavy atom. The van der Waals surface area contributed by atoms with Gasteiger partial charge in [-0.05, 0) is 25.9 Å². The monoisotopic (exact) mass is 343 g/mol. The van der Waals surface area contributed by atoms with Gasteiger partial charge in [0.15, 0.2) is 6.23 Å². The smallest absolute Gasteiger partial charge is 0.164 e. The van der Waals surface area contributed by atoms with Crippen LogP contribution in [-0.2, 0) is 4.74 Å². The summed E-state index contributed by atoms with van der Waals surface area (Å²) in [6, 6.07) is 0. The normalized spacial score (nSPS) is 32.0. The second kappa shape index (κ2) is 6.79. The lowest BCUT2D eigenvalue weighted by atomic mass is 10.1. The summed E-state index contributed by atoms with van der Waals surface area (Å²) in [5, 5.41) is 29.9. The Hall–Kier alpha value is -1.11. The maximum absolute atomic E-state index is 10.3. The van der Waals surface area contributed by atoms with Crippen molar-refractivity contribution < 1.29 is 20.1 Å². The van der Waals surface area contributed by atoms with Gasteiger partial charge in [0.1, 0.15) is 23.9 Å². The minimum Gasteiger partial charge on any atom is -0.391 e. The molecule has 0 aromatic heterocycles. The van der Waals surface area contributed by atoms with E-state index in [1.807, 2.05) is 0 Å². The van der Waals surface area contributed by atoms with E-state index in [9.17, 15) is 15.3 Å². The SMILES string of the molecule is C=C1N=C(N)C(CO)=CN1[C@@H]1O[C@H](CCP(=C)(C)C)[C@@H](O)C1O. The number of ether oxygens (including phenoxy) is 1. The highest BCUT2D eigenvalue weighted by Crippen LogP contribution is 2.38. The largest absolute Gasteiger partial charge is 0.391 e. The van der Waals surface area contributed by atoms with Gasteiger partial charge in [-0.25, -0.2) is 4.99 Å². The molecule has 2 aliphatic rings. The van der Waals surface area contributed by atoms with Crippen molar-refractivity contribution in [3.63, 3.8) is 0 Å². The summed E-state index contributed by atoms with van der Waals surface area (Å²) < 4.78 is 5.84. The van der Waals surface area contributed by atoms with Crippen molar-refractivity contribution in [3.05, 3.63) is 24.2 Å². The molecule has 4 atom stereocenters. The molecule has 130 valence electrons. The minimum absolute atomic E-state index is 0.182. The summed E-state index contributed by atoms with van der Waals surface area (Å²) in [4.78, 5) is 5.55. The molecule has 23 heavy (non-hydrogen) atoms. The fourth-order valence-electron chi connectivity index (χ4n) is 2.59. The molecule has 0 aromatic carbocycles. The highest BCUT2D eigenvalue weighted by Gasteiger charge is 2.45. The van der Waals surface area contributed by atoms with Gasteiger partial charge in [0.05, 0.1) is 12.7 Å². The van der Waals surface area contributed by atoms with Crippen LogP contribution in [0.4, 0.5) is 0 Å². The van der Waals surface area contributed by atoms with Crippen LogP contribution < -0.4 is 5.73 Å².